The van der Waals surface area contributed by atoms with Crippen LogP contribution < -0.4 is 10.6 Å². The molecule has 0 aromatic carbocycles. The van der Waals surface area contributed by atoms with Gasteiger partial charge in [-0.05, 0) is 18.8 Å². The SMILES string of the molecule is C[C@H]1CNCCN1CC(=O)NCCC(C)(C)C.Cl. The van der Waals surface area contributed by atoms with Gasteiger partial charge in [0.2, 0.25) is 5.91 Å². The standard InChI is InChI=1S/C13H27N3O.ClH/c1-11-9-14-7-8-16(11)10-12(17)15-6-5-13(2,3)4;/h11,14H,5-10H2,1-4H3,(H,15,17);1H/t11-;/m0./s1. The third-order valence-corrected chi connectivity index (χ3v) is 3.18. The van der Waals surface area contributed by atoms with Gasteiger partial charge in [0.1, 0.15) is 0 Å². The Morgan fingerprint density at radius 2 is 2.11 bits per heavy atom. The van der Waals surface area contributed by atoms with Crippen LogP contribution in [0.1, 0.15) is 34.1 Å². The van der Waals surface area contributed by atoms with Gasteiger partial charge in [-0.25, -0.2) is 0 Å². The fourth-order valence-electron chi connectivity index (χ4n) is 1.94. The van der Waals surface area contributed by atoms with Gasteiger partial charge >= 0.3 is 0 Å². The van der Waals surface area contributed by atoms with Crippen molar-refractivity contribution in [3.8, 4) is 0 Å². The minimum Gasteiger partial charge on any atom is -0.355 e. The molecule has 0 spiro atoms. The number of hydrogen-bond donors (Lipinski definition) is 2. The number of nitrogens with zero attached hydrogens (tertiary/aromatic N) is 1. The van der Waals surface area contributed by atoms with E-state index in [2.05, 4.69) is 43.2 Å². The molecular formula is C13H28ClN3O. The van der Waals surface area contributed by atoms with E-state index in [4.69, 9.17) is 0 Å². The maximum Gasteiger partial charge on any atom is 0.234 e. The van der Waals surface area contributed by atoms with Gasteiger partial charge in [0.05, 0.1) is 6.54 Å². The summed E-state index contributed by atoms with van der Waals surface area (Å²) in [6, 6.07) is 0.456. The molecule has 1 heterocycles. The van der Waals surface area contributed by atoms with E-state index in [0.29, 0.717) is 12.6 Å². The number of nitrogens with one attached hydrogen (secondary N) is 2. The van der Waals surface area contributed by atoms with Gasteiger partial charge in [-0.2, -0.15) is 0 Å². The van der Waals surface area contributed by atoms with Crippen LogP contribution in [0.3, 0.4) is 0 Å². The maximum absolute atomic E-state index is 11.8. The lowest BCUT2D eigenvalue weighted by molar-refractivity contribution is -0.123. The highest BCUT2D eigenvalue weighted by molar-refractivity contribution is 5.85. The summed E-state index contributed by atoms with van der Waals surface area (Å²) in [5, 5.41) is 6.33. The third kappa shape index (κ3) is 7.19. The molecule has 1 fully saturated rings. The zero-order chi connectivity index (χ0) is 12.9. The van der Waals surface area contributed by atoms with Crippen LogP contribution in [-0.4, -0.2) is 49.6 Å². The minimum absolute atomic E-state index is 0. The van der Waals surface area contributed by atoms with Gasteiger partial charge in [0.25, 0.3) is 0 Å². The van der Waals surface area contributed by atoms with Crippen LogP contribution in [0.25, 0.3) is 0 Å². The van der Waals surface area contributed by atoms with E-state index in [-0.39, 0.29) is 23.7 Å². The molecule has 0 aromatic rings. The Balaban J connectivity index is 0.00000289. The molecule has 0 aliphatic carbocycles. The van der Waals surface area contributed by atoms with Crippen molar-refractivity contribution in [2.45, 2.75) is 40.2 Å². The lowest BCUT2D eigenvalue weighted by atomic mass is 9.92. The van der Waals surface area contributed by atoms with E-state index in [1.54, 1.807) is 0 Å². The molecule has 4 nitrogen and oxygen atoms in total. The van der Waals surface area contributed by atoms with E-state index >= 15 is 0 Å². The molecule has 108 valence electrons. The molecule has 1 aliphatic heterocycles. The maximum atomic E-state index is 11.8. The Hall–Kier alpha value is -0.320. The molecular weight excluding hydrogens is 250 g/mol. The predicted molar refractivity (Wildman–Crippen MR) is 78.2 cm³/mol. The first-order chi connectivity index (χ1) is 7.88. The van der Waals surface area contributed by atoms with Crippen molar-refractivity contribution < 1.29 is 4.79 Å². The topological polar surface area (TPSA) is 44.4 Å². The second kappa shape index (κ2) is 7.97. The normalized spacial score (nSPS) is 21.2. The Labute approximate surface area is 117 Å². The molecule has 2 N–H and O–H groups in total. The first-order valence-electron chi connectivity index (χ1n) is 6.60. The van der Waals surface area contributed by atoms with Gasteiger partial charge in [0, 0.05) is 32.2 Å². The number of piperazine rings is 1. The molecule has 1 aliphatic rings. The largest absolute Gasteiger partial charge is 0.355 e. The molecule has 1 saturated heterocycles. The average molecular weight is 278 g/mol. The van der Waals surface area contributed by atoms with Gasteiger partial charge in [-0.15, -0.1) is 12.4 Å². The lowest BCUT2D eigenvalue weighted by Crippen LogP contribution is -2.52. The van der Waals surface area contributed by atoms with Crippen LogP contribution >= 0.6 is 12.4 Å². The number of amides is 1. The number of carbonyl (C=O) groups is 1. The molecule has 0 unspecified atom stereocenters. The molecule has 18 heavy (non-hydrogen) atoms. The van der Waals surface area contributed by atoms with Gasteiger partial charge in [0.15, 0.2) is 0 Å². The molecule has 1 amide bonds. The number of carbonyl (C=O) groups excluding carboxylic acids is 1. The Morgan fingerprint density at radius 3 is 2.67 bits per heavy atom. The zero-order valence-corrected chi connectivity index (χ0v) is 12.9. The van der Waals surface area contributed by atoms with Crippen molar-refractivity contribution in [1.82, 2.24) is 15.5 Å². The highest BCUT2D eigenvalue weighted by Gasteiger charge is 2.20. The highest BCUT2D eigenvalue weighted by atomic mass is 35.5. The average Bonchev–Trinajstić information content (AvgIpc) is 2.19. The Bertz CT molecular complexity index is 253. The van der Waals surface area contributed by atoms with Crippen LogP contribution in [0.5, 0.6) is 0 Å². The van der Waals surface area contributed by atoms with Crippen LogP contribution in [-0.2, 0) is 4.79 Å². The Morgan fingerprint density at radius 1 is 1.44 bits per heavy atom. The predicted octanol–water partition coefficient (Wildman–Crippen LogP) is 1.25. The molecule has 0 saturated carbocycles. The fourth-order valence-corrected chi connectivity index (χ4v) is 1.94. The van der Waals surface area contributed by atoms with E-state index in [1.165, 1.54) is 0 Å². The highest BCUT2D eigenvalue weighted by Crippen LogP contribution is 2.16. The van der Waals surface area contributed by atoms with Crippen molar-refractivity contribution in [3.05, 3.63) is 0 Å². The lowest BCUT2D eigenvalue weighted by Gasteiger charge is -2.33. The van der Waals surface area contributed by atoms with Crippen LogP contribution in [0.2, 0.25) is 0 Å². The van der Waals surface area contributed by atoms with Gasteiger partial charge in [-0.1, -0.05) is 20.8 Å². The molecule has 5 heteroatoms. The van der Waals surface area contributed by atoms with Crippen molar-refractivity contribution in [1.29, 1.82) is 0 Å². The molecule has 0 aromatic heterocycles. The first-order valence-corrected chi connectivity index (χ1v) is 6.60. The summed E-state index contributed by atoms with van der Waals surface area (Å²) in [6.07, 6.45) is 1.02. The van der Waals surface area contributed by atoms with E-state index in [1.807, 2.05) is 0 Å². The summed E-state index contributed by atoms with van der Waals surface area (Å²) in [5.41, 5.74) is 0.287. The van der Waals surface area contributed by atoms with Gasteiger partial charge < -0.3 is 10.6 Å². The van der Waals surface area contributed by atoms with E-state index < -0.39 is 0 Å². The zero-order valence-electron chi connectivity index (χ0n) is 12.1. The van der Waals surface area contributed by atoms with Gasteiger partial charge in [-0.3, -0.25) is 9.69 Å². The second-order valence-corrected chi connectivity index (χ2v) is 6.18. The first kappa shape index (κ1) is 17.7. The minimum atomic E-state index is 0. The fraction of sp³-hybridized carbons (Fsp3) is 0.923. The summed E-state index contributed by atoms with van der Waals surface area (Å²) in [4.78, 5) is 14.0. The Kier molecular flexibility index (Phi) is 7.83. The summed E-state index contributed by atoms with van der Waals surface area (Å²) in [6.45, 7) is 13.0. The molecule has 1 rings (SSSR count). The summed E-state index contributed by atoms with van der Waals surface area (Å²) in [5.74, 6) is 0.156. The monoisotopic (exact) mass is 277 g/mol. The number of halogens is 1. The summed E-state index contributed by atoms with van der Waals surface area (Å²) < 4.78 is 0. The number of hydrogen-bond acceptors (Lipinski definition) is 3. The second-order valence-electron chi connectivity index (χ2n) is 6.18. The number of rotatable bonds is 4. The van der Waals surface area contributed by atoms with E-state index in [9.17, 15) is 4.79 Å². The summed E-state index contributed by atoms with van der Waals surface area (Å²) in [7, 11) is 0. The van der Waals surface area contributed by atoms with Crippen LogP contribution in [0, 0.1) is 5.41 Å². The van der Waals surface area contributed by atoms with Crippen molar-refractivity contribution in [2.75, 3.05) is 32.7 Å². The van der Waals surface area contributed by atoms with Crippen molar-refractivity contribution >= 4 is 18.3 Å². The molecule has 1 atom stereocenters. The van der Waals surface area contributed by atoms with Crippen molar-refractivity contribution in [3.63, 3.8) is 0 Å². The quantitative estimate of drug-likeness (QED) is 0.813. The van der Waals surface area contributed by atoms with Crippen LogP contribution in [0.15, 0.2) is 0 Å². The molecule has 0 bridgehead atoms. The van der Waals surface area contributed by atoms with E-state index in [0.717, 1.165) is 32.6 Å². The molecule has 0 radical (unpaired) electrons. The third-order valence-electron chi connectivity index (χ3n) is 3.18. The summed E-state index contributed by atoms with van der Waals surface area (Å²) >= 11 is 0. The smallest absolute Gasteiger partial charge is 0.234 e. The van der Waals surface area contributed by atoms with Crippen LogP contribution in [0.4, 0.5) is 0 Å². The van der Waals surface area contributed by atoms with Crippen molar-refractivity contribution in [2.24, 2.45) is 5.41 Å².